The van der Waals surface area contributed by atoms with Crippen LogP contribution >= 0.6 is 0 Å². The van der Waals surface area contributed by atoms with E-state index in [1.54, 1.807) is 18.2 Å². The van der Waals surface area contributed by atoms with Crippen LogP contribution in [0.2, 0.25) is 0 Å². The largest absolute Gasteiger partial charge is 0.334 e. The Balaban J connectivity index is 1.95. The average molecular weight is 339 g/mol. The number of nitrogens with one attached hydrogen (secondary N) is 2. The van der Waals surface area contributed by atoms with Gasteiger partial charge in [0.25, 0.3) is 0 Å². The molecule has 0 aliphatic carbocycles. The van der Waals surface area contributed by atoms with E-state index in [2.05, 4.69) is 10.0 Å². The highest BCUT2D eigenvalue weighted by Gasteiger charge is 2.15. The Labute approximate surface area is 138 Å². The summed E-state index contributed by atoms with van der Waals surface area (Å²) in [5.41, 5.74) is 1.25. The number of carbonyl (C=O) groups is 1. The van der Waals surface area contributed by atoms with Crippen molar-refractivity contribution in [3.63, 3.8) is 0 Å². The van der Waals surface area contributed by atoms with Gasteiger partial charge in [-0.3, -0.25) is 4.72 Å². The van der Waals surface area contributed by atoms with Crippen LogP contribution in [0.5, 0.6) is 0 Å². The Morgan fingerprint density at radius 2 is 1.70 bits per heavy atom. The monoisotopic (exact) mass is 339 g/mol. The summed E-state index contributed by atoms with van der Waals surface area (Å²) in [7, 11) is -3.34. The molecule has 1 aromatic carbocycles. The summed E-state index contributed by atoms with van der Waals surface area (Å²) >= 11 is 0. The molecule has 1 aliphatic heterocycles. The molecule has 2 N–H and O–H groups in total. The van der Waals surface area contributed by atoms with E-state index >= 15 is 0 Å². The molecule has 2 amide bonds. The maximum absolute atomic E-state index is 12.3. The van der Waals surface area contributed by atoms with Crippen molar-refractivity contribution in [1.29, 1.82) is 0 Å². The van der Waals surface area contributed by atoms with E-state index < -0.39 is 10.0 Å². The SMILES string of the molecule is CS(=O)(=O)Nc1ccccc1CNC(=O)N1CCCCCCC1. The zero-order valence-electron chi connectivity index (χ0n) is 13.5. The number of sulfonamides is 1. The third-order valence-corrected chi connectivity index (χ3v) is 4.48. The summed E-state index contributed by atoms with van der Waals surface area (Å²) in [5.74, 6) is 0. The molecule has 0 atom stereocenters. The molecule has 0 unspecified atom stereocenters. The first-order chi connectivity index (χ1) is 11.0. The van der Waals surface area contributed by atoms with Crippen LogP contribution in [0.4, 0.5) is 10.5 Å². The third-order valence-electron chi connectivity index (χ3n) is 3.89. The number of nitrogens with zero attached hydrogens (tertiary/aromatic N) is 1. The van der Waals surface area contributed by atoms with Crippen LogP contribution in [0.3, 0.4) is 0 Å². The minimum absolute atomic E-state index is 0.0824. The first-order valence-corrected chi connectivity index (χ1v) is 9.93. The summed E-state index contributed by atoms with van der Waals surface area (Å²) in [6, 6.07) is 7.00. The van der Waals surface area contributed by atoms with E-state index in [-0.39, 0.29) is 6.03 Å². The highest BCUT2D eigenvalue weighted by Crippen LogP contribution is 2.16. The summed E-state index contributed by atoms with van der Waals surface area (Å²) in [6.45, 7) is 1.87. The molecule has 0 spiro atoms. The summed E-state index contributed by atoms with van der Waals surface area (Å²) < 4.78 is 25.3. The van der Waals surface area contributed by atoms with Crippen LogP contribution in [-0.4, -0.2) is 38.7 Å². The molecule has 1 aliphatic rings. The first kappa shape index (κ1) is 17.6. The summed E-state index contributed by atoms with van der Waals surface area (Å²) in [6.07, 6.45) is 6.79. The lowest BCUT2D eigenvalue weighted by Crippen LogP contribution is -2.41. The number of likely N-dealkylation sites (tertiary alicyclic amines) is 1. The predicted molar refractivity (Wildman–Crippen MR) is 91.8 cm³/mol. The van der Waals surface area contributed by atoms with Gasteiger partial charge in [0.05, 0.1) is 11.9 Å². The molecule has 6 nitrogen and oxygen atoms in total. The van der Waals surface area contributed by atoms with Gasteiger partial charge in [0, 0.05) is 19.6 Å². The normalized spacial score (nSPS) is 16.3. The van der Waals surface area contributed by atoms with E-state index in [1.807, 2.05) is 11.0 Å². The van der Waals surface area contributed by atoms with Crippen LogP contribution in [0.25, 0.3) is 0 Å². The fourth-order valence-corrected chi connectivity index (χ4v) is 3.31. The Morgan fingerprint density at radius 1 is 1.09 bits per heavy atom. The molecule has 7 heteroatoms. The van der Waals surface area contributed by atoms with Gasteiger partial charge < -0.3 is 10.2 Å². The zero-order valence-corrected chi connectivity index (χ0v) is 14.4. The van der Waals surface area contributed by atoms with Gasteiger partial charge in [-0.25, -0.2) is 13.2 Å². The molecular weight excluding hydrogens is 314 g/mol. The molecule has 2 rings (SSSR count). The van der Waals surface area contributed by atoms with Gasteiger partial charge >= 0.3 is 6.03 Å². The van der Waals surface area contributed by atoms with Crippen molar-refractivity contribution in [3.05, 3.63) is 29.8 Å². The van der Waals surface area contributed by atoms with E-state index in [9.17, 15) is 13.2 Å². The number of amides is 2. The highest BCUT2D eigenvalue weighted by molar-refractivity contribution is 7.92. The van der Waals surface area contributed by atoms with Crippen molar-refractivity contribution in [1.82, 2.24) is 10.2 Å². The van der Waals surface area contributed by atoms with Gasteiger partial charge in [-0.2, -0.15) is 0 Å². The van der Waals surface area contributed by atoms with Gasteiger partial charge in [-0.1, -0.05) is 37.5 Å². The maximum atomic E-state index is 12.3. The number of hydrogen-bond donors (Lipinski definition) is 2. The van der Waals surface area contributed by atoms with Crippen LogP contribution in [0, 0.1) is 0 Å². The van der Waals surface area contributed by atoms with Gasteiger partial charge in [-0.05, 0) is 24.5 Å². The summed E-state index contributed by atoms with van der Waals surface area (Å²) in [4.78, 5) is 14.2. The number of urea groups is 1. The second-order valence-corrected chi connectivity index (χ2v) is 7.69. The van der Waals surface area contributed by atoms with Crippen molar-refractivity contribution in [2.45, 2.75) is 38.6 Å². The molecular formula is C16H25N3O3S. The standard InChI is InChI=1S/C16H25N3O3S/c1-23(21,22)18-15-10-6-5-9-14(15)13-17-16(20)19-11-7-3-2-4-8-12-19/h5-6,9-10,18H,2-4,7-8,11-13H2,1H3,(H,17,20). The average Bonchev–Trinajstić information content (AvgIpc) is 2.44. The minimum Gasteiger partial charge on any atom is -0.334 e. The number of hydrogen-bond acceptors (Lipinski definition) is 3. The van der Waals surface area contributed by atoms with Gasteiger partial charge in [0.2, 0.25) is 10.0 Å². The number of para-hydroxylation sites is 1. The second kappa shape index (κ2) is 8.19. The Hall–Kier alpha value is -1.76. The first-order valence-electron chi connectivity index (χ1n) is 8.04. The molecule has 0 radical (unpaired) electrons. The second-order valence-electron chi connectivity index (χ2n) is 5.94. The molecule has 128 valence electrons. The number of anilines is 1. The lowest BCUT2D eigenvalue weighted by molar-refractivity contribution is 0.192. The molecule has 0 bridgehead atoms. The fourth-order valence-electron chi connectivity index (χ4n) is 2.71. The Kier molecular flexibility index (Phi) is 6.27. The minimum atomic E-state index is -3.34. The third kappa shape index (κ3) is 6.09. The van der Waals surface area contributed by atoms with Crippen molar-refractivity contribution in [2.24, 2.45) is 0 Å². The van der Waals surface area contributed by atoms with Gasteiger partial charge in [0.1, 0.15) is 0 Å². The quantitative estimate of drug-likeness (QED) is 0.885. The van der Waals surface area contributed by atoms with Gasteiger partial charge in [-0.15, -0.1) is 0 Å². The van der Waals surface area contributed by atoms with Crippen molar-refractivity contribution in [2.75, 3.05) is 24.1 Å². The van der Waals surface area contributed by atoms with Crippen molar-refractivity contribution < 1.29 is 13.2 Å². The molecule has 1 heterocycles. The maximum Gasteiger partial charge on any atom is 0.317 e. The molecule has 1 saturated heterocycles. The van der Waals surface area contributed by atoms with Crippen LogP contribution in [0.15, 0.2) is 24.3 Å². The van der Waals surface area contributed by atoms with Crippen LogP contribution in [-0.2, 0) is 16.6 Å². The zero-order chi connectivity index (χ0) is 16.7. The van der Waals surface area contributed by atoms with E-state index in [4.69, 9.17) is 0 Å². The van der Waals surface area contributed by atoms with Crippen LogP contribution < -0.4 is 10.0 Å². The molecule has 1 fully saturated rings. The summed E-state index contributed by atoms with van der Waals surface area (Å²) in [5, 5.41) is 2.90. The number of rotatable bonds is 4. The lowest BCUT2D eigenvalue weighted by Gasteiger charge is -2.25. The Morgan fingerprint density at radius 3 is 2.35 bits per heavy atom. The lowest BCUT2D eigenvalue weighted by atomic mass is 10.1. The van der Waals surface area contributed by atoms with E-state index in [1.165, 1.54) is 19.3 Å². The van der Waals surface area contributed by atoms with Gasteiger partial charge in [0.15, 0.2) is 0 Å². The predicted octanol–water partition coefficient (Wildman–Crippen LogP) is 2.53. The molecule has 0 aromatic heterocycles. The highest BCUT2D eigenvalue weighted by atomic mass is 32.2. The molecule has 0 saturated carbocycles. The van der Waals surface area contributed by atoms with Crippen molar-refractivity contribution in [3.8, 4) is 0 Å². The number of benzene rings is 1. The van der Waals surface area contributed by atoms with Crippen molar-refractivity contribution >= 4 is 21.7 Å². The van der Waals surface area contributed by atoms with Crippen LogP contribution in [0.1, 0.15) is 37.7 Å². The van der Waals surface area contributed by atoms with E-state index in [0.29, 0.717) is 12.2 Å². The smallest absolute Gasteiger partial charge is 0.317 e. The fraction of sp³-hybridized carbons (Fsp3) is 0.562. The van der Waals surface area contributed by atoms with E-state index in [0.717, 1.165) is 37.8 Å². The topological polar surface area (TPSA) is 78.5 Å². The number of carbonyl (C=O) groups excluding carboxylic acids is 1. The molecule has 23 heavy (non-hydrogen) atoms. The Bertz CT molecular complexity index is 623. The molecule has 1 aromatic rings.